The molecule has 0 aromatic carbocycles. The third-order valence-corrected chi connectivity index (χ3v) is 1.90. The average molecular weight is 169 g/mol. The van der Waals surface area contributed by atoms with Crippen molar-refractivity contribution in [2.45, 2.75) is 12.7 Å². The molecule has 0 saturated carbocycles. The lowest BCUT2D eigenvalue weighted by atomic mass is 10.2. The molecule has 0 bridgehead atoms. The van der Waals surface area contributed by atoms with Gasteiger partial charge < -0.3 is 10.1 Å². The zero-order valence-electron chi connectivity index (χ0n) is 6.90. The van der Waals surface area contributed by atoms with Crippen LogP contribution in [0.2, 0.25) is 0 Å². The summed E-state index contributed by atoms with van der Waals surface area (Å²) in [7, 11) is 1.80. The van der Waals surface area contributed by atoms with Crippen molar-refractivity contribution in [2.75, 3.05) is 13.1 Å². The molecule has 0 radical (unpaired) electrons. The van der Waals surface area contributed by atoms with Crippen molar-refractivity contribution in [3.05, 3.63) is 5.82 Å². The number of aromatic nitrogens is 4. The van der Waals surface area contributed by atoms with Crippen LogP contribution >= 0.6 is 0 Å². The second-order valence-electron chi connectivity index (χ2n) is 2.81. The quantitative estimate of drug-likeness (QED) is 0.609. The second kappa shape index (κ2) is 3.16. The summed E-state index contributed by atoms with van der Waals surface area (Å²) in [6.45, 7) is 2.37. The van der Waals surface area contributed by atoms with E-state index in [1.807, 2.05) is 0 Å². The van der Waals surface area contributed by atoms with Crippen molar-refractivity contribution in [1.29, 1.82) is 0 Å². The molecular formula is C6H11N5O. The second-order valence-corrected chi connectivity index (χ2v) is 2.81. The summed E-state index contributed by atoms with van der Waals surface area (Å²) < 4.78 is 7.09. The Kier molecular flexibility index (Phi) is 2.01. The van der Waals surface area contributed by atoms with Gasteiger partial charge in [0.2, 0.25) is 0 Å². The fourth-order valence-corrected chi connectivity index (χ4v) is 0.943. The summed E-state index contributed by atoms with van der Waals surface area (Å²) in [6, 6.07) is 0. The number of nitrogens with zero attached hydrogens (tertiary/aromatic N) is 4. The molecule has 0 amide bonds. The summed E-state index contributed by atoms with van der Waals surface area (Å²) in [4.78, 5) is 0. The first-order valence-corrected chi connectivity index (χ1v) is 3.90. The fourth-order valence-electron chi connectivity index (χ4n) is 0.943. The minimum atomic E-state index is 0.335. The number of rotatable bonds is 3. The molecule has 1 aliphatic heterocycles. The van der Waals surface area contributed by atoms with E-state index in [9.17, 15) is 0 Å². The topological polar surface area (TPSA) is 64.9 Å². The number of nitrogens with one attached hydrogen (secondary N) is 1. The molecule has 0 unspecified atom stereocenters. The molecule has 1 fully saturated rings. The zero-order valence-corrected chi connectivity index (χ0v) is 6.90. The Hall–Kier alpha value is -1.01. The summed E-state index contributed by atoms with van der Waals surface area (Å²) in [5.41, 5.74) is 0. The van der Waals surface area contributed by atoms with E-state index in [0.29, 0.717) is 12.7 Å². The monoisotopic (exact) mass is 169 g/mol. The highest BCUT2D eigenvalue weighted by atomic mass is 16.5. The predicted molar refractivity (Wildman–Crippen MR) is 40.2 cm³/mol. The predicted octanol–water partition coefficient (Wildman–Crippen LogP) is -1.30. The summed E-state index contributed by atoms with van der Waals surface area (Å²) >= 11 is 0. The Morgan fingerprint density at radius 1 is 1.67 bits per heavy atom. The molecule has 1 aromatic rings. The van der Waals surface area contributed by atoms with Gasteiger partial charge in [0.15, 0.2) is 5.82 Å². The molecule has 1 aromatic heterocycles. The molecular weight excluding hydrogens is 158 g/mol. The Morgan fingerprint density at radius 3 is 3.00 bits per heavy atom. The van der Waals surface area contributed by atoms with E-state index in [0.717, 1.165) is 18.9 Å². The minimum Gasteiger partial charge on any atom is -0.368 e. The van der Waals surface area contributed by atoms with Gasteiger partial charge in [-0.05, 0) is 10.4 Å². The van der Waals surface area contributed by atoms with Crippen LogP contribution in [0.5, 0.6) is 0 Å². The third-order valence-electron chi connectivity index (χ3n) is 1.90. The number of tetrazole rings is 1. The number of hydrogen-bond acceptors (Lipinski definition) is 5. The molecule has 1 saturated heterocycles. The van der Waals surface area contributed by atoms with Gasteiger partial charge in [-0.2, -0.15) is 0 Å². The van der Waals surface area contributed by atoms with Crippen LogP contribution in [0.3, 0.4) is 0 Å². The summed E-state index contributed by atoms with van der Waals surface area (Å²) in [6.07, 6.45) is 0.335. The molecule has 6 heteroatoms. The SMILES string of the molecule is Cn1nnnc1COC1CNC1. The molecule has 0 aliphatic carbocycles. The Labute approximate surface area is 69.9 Å². The molecule has 2 heterocycles. The Balaban J connectivity index is 1.82. The summed E-state index contributed by atoms with van der Waals surface area (Å²) in [5.74, 6) is 0.766. The maximum Gasteiger partial charge on any atom is 0.176 e. The first-order chi connectivity index (χ1) is 5.86. The largest absolute Gasteiger partial charge is 0.368 e. The van der Waals surface area contributed by atoms with Crippen LogP contribution < -0.4 is 5.32 Å². The van der Waals surface area contributed by atoms with Crippen molar-refractivity contribution in [3.63, 3.8) is 0 Å². The van der Waals surface area contributed by atoms with E-state index >= 15 is 0 Å². The van der Waals surface area contributed by atoms with E-state index in [4.69, 9.17) is 4.74 Å². The van der Waals surface area contributed by atoms with Crippen molar-refractivity contribution >= 4 is 0 Å². The van der Waals surface area contributed by atoms with Crippen LogP contribution in [0.1, 0.15) is 5.82 Å². The van der Waals surface area contributed by atoms with Crippen molar-refractivity contribution in [3.8, 4) is 0 Å². The highest BCUT2D eigenvalue weighted by Gasteiger charge is 2.17. The van der Waals surface area contributed by atoms with E-state index < -0.39 is 0 Å². The van der Waals surface area contributed by atoms with Gasteiger partial charge in [-0.3, -0.25) is 0 Å². The van der Waals surface area contributed by atoms with Crippen LogP contribution in [0.15, 0.2) is 0 Å². The van der Waals surface area contributed by atoms with Gasteiger partial charge in [-0.1, -0.05) is 0 Å². The molecule has 12 heavy (non-hydrogen) atoms. The standard InChI is InChI=1S/C6H11N5O/c1-11-6(8-9-10-11)4-12-5-2-7-3-5/h5,7H,2-4H2,1H3. The lowest BCUT2D eigenvalue weighted by Gasteiger charge is -2.26. The summed E-state index contributed by atoms with van der Waals surface area (Å²) in [5, 5.41) is 14.1. The van der Waals surface area contributed by atoms with E-state index in [1.165, 1.54) is 0 Å². The minimum absolute atomic E-state index is 0.335. The van der Waals surface area contributed by atoms with Gasteiger partial charge in [0.1, 0.15) is 6.61 Å². The maximum absolute atomic E-state index is 5.48. The zero-order chi connectivity index (χ0) is 8.39. The van der Waals surface area contributed by atoms with Gasteiger partial charge in [-0.15, -0.1) is 5.10 Å². The number of hydrogen-bond donors (Lipinski definition) is 1. The first kappa shape index (κ1) is 7.63. The van der Waals surface area contributed by atoms with Gasteiger partial charge >= 0.3 is 0 Å². The van der Waals surface area contributed by atoms with Crippen molar-refractivity contribution in [2.24, 2.45) is 7.05 Å². The molecule has 1 aliphatic rings. The van der Waals surface area contributed by atoms with Gasteiger partial charge in [0.05, 0.1) is 6.10 Å². The van der Waals surface area contributed by atoms with Crippen molar-refractivity contribution < 1.29 is 4.74 Å². The molecule has 66 valence electrons. The van der Waals surface area contributed by atoms with Crippen LogP contribution in [0, 0.1) is 0 Å². The van der Waals surface area contributed by atoms with Crippen LogP contribution in [0.25, 0.3) is 0 Å². The lowest BCUT2D eigenvalue weighted by Crippen LogP contribution is -2.48. The normalized spacial score (nSPS) is 17.8. The molecule has 0 atom stereocenters. The van der Waals surface area contributed by atoms with Crippen molar-refractivity contribution in [1.82, 2.24) is 25.5 Å². The fraction of sp³-hybridized carbons (Fsp3) is 0.833. The molecule has 6 nitrogen and oxygen atoms in total. The first-order valence-electron chi connectivity index (χ1n) is 3.90. The average Bonchev–Trinajstić information content (AvgIpc) is 2.33. The molecule has 2 rings (SSSR count). The smallest absolute Gasteiger partial charge is 0.176 e. The van der Waals surface area contributed by atoms with Crippen LogP contribution in [-0.4, -0.2) is 39.4 Å². The van der Waals surface area contributed by atoms with Crippen LogP contribution in [0.4, 0.5) is 0 Å². The van der Waals surface area contributed by atoms with E-state index in [1.54, 1.807) is 11.7 Å². The Bertz CT molecular complexity index is 256. The van der Waals surface area contributed by atoms with Crippen LogP contribution in [-0.2, 0) is 18.4 Å². The van der Waals surface area contributed by atoms with E-state index in [2.05, 4.69) is 20.8 Å². The van der Waals surface area contributed by atoms with Gasteiger partial charge in [0, 0.05) is 20.1 Å². The third kappa shape index (κ3) is 1.44. The highest BCUT2D eigenvalue weighted by molar-refractivity contribution is 4.79. The lowest BCUT2D eigenvalue weighted by molar-refractivity contribution is 0.00309. The number of ether oxygens (including phenoxy) is 1. The maximum atomic E-state index is 5.48. The van der Waals surface area contributed by atoms with E-state index in [-0.39, 0.29) is 0 Å². The highest BCUT2D eigenvalue weighted by Crippen LogP contribution is 2.01. The Morgan fingerprint density at radius 2 is 2.50 bits per heavy atom. The van der Waals surface area contributed by atoms with Gasteiger partial charge in [0.25, 0.3) is 0 Å². The molecule has 0 spiro atoms. The molecule has 1 N–H and O–H groups in total. The number of aryl methyl sites for hydroxylation is 1. The van der Waals surface area contributed by atoms with Gasteiger partial charge in [-0.25, -0.2) is 4.68 Å².